The summed E-state index contributed by atoms with van der Waals surface area (Å²) >= 11 is 0. The monoisotopic (exact) mass is 256 g/mol. The summed E-state index contributed by atoms with van der Waals surface area (Å²) < 4.78 is 27.2. The molecule has 1 heterocycles. The molecule has 0 aliphatic rings. The second-order valence-corrected chi connectivity index (χ2v) is 5.68. The summed E-state index contributed by atoms with van der Waals surface area (Å²) in [6.07, 6.45) is 2.94. The van der Waals surface area contributed by atoms with Crippen LogP contribution in [-0.2, 0) is 16.6 Å². The third-order valence-electron chi connectivity index (χ3n) is 2.35. The van der Waals surface area contributed by atoms with Crippen molar-refractivity contribution < 1.29 is 8.42 Å². The van der Waals surface area contributed by atoms with Crippen molar-refractivity contribution in [3.05, 3.63) is 12.5 Å². The molecule has 0 radical (unpaired) electrons. The fraction of sp³-hybridized carbons (Fsp3) is 0.600. The van der Waals surface area contributed by atoms with Crippen LogP contribution in [0.2, 0.25) is 0 Å². The largest absolute Gasteiger partial charge is 0.336 e. The number of hydrogen-bond donors (Lipinski definition) is 0. The molecule has 94 valence electrons. The first-order valence-corrected chi connectivity index (χ1v) is 6.78. The Hall–Kier alpha value is -1.39. The molecule has 0 aliphatic heterocycles. The zero-order valence-corrected chi connectivity index (χ0v) is 11.0. The number of hydrogen-bond acceptors (Lipinski definition) is 4. The van der Waals surface area contributed by atoms with E-state index in [1.54, 1.807) is 18.4 Å². The quantitative estimate of drug-likeness (QED) is 0.731. The summed E-state index contributed by atoms with van der Waals surface area (Å²) in [6, 6.07) is 1.59. The molecular weight excluding hydrogens is 240 g/mol. The Balaban J connectivity index is 3.12. The SMILES string of the molecule is CCn1cnc(S(=O)(=O)N(CC#N)C(C)C)c1. The summed E-state index contributed by atoms with van der Waals surface area (Å²) in [5.74, 6) is 0. The molecule has 17 heavy (non-hydrogen) atoms. The number of imidazole rings is 1. The number of sulfonamides is 1. The minimum Gasteiger partial charge on any atom is -0.336 e. The Morgan fingerprint density at radius 2 is 2.24 bits per heavy atom. The fourth-order valence-corrected chi connectivity index (χ4v) is 2.85. The predicted molar refractivity (Wildman–Crippen MR) is 62.5 cm³/mol. The van der Waals surface area contributed by atoms with E-state index in [2.05, 4.69) is 4.98 Å². The lowest BCUT2D eigenvalue weighted by molar-refractivity contribution is 0.384. The maximum absolute atomic E-state index is 12.2. The maximum Gasteiger partial charge on any atom is 0.263 e. The first-order chi connectivity index (χ1) is 7.93. The highest BCUT2D eigenvalue weighted by molar-refractivity contribution is 7.89. The van der Waals surface area contributed by atoms with Gasteiger partial charge in [0.25, 0.3) is 10.0 Å². The van der Waals surface area contributed by atoms with Crippen molar-refractivity contribution in [1.82, 2.24) is 13.9 Å². The molecule has 0 unspecified atom stereocenters. The molecule has 1 aromatic heterocycles. The van der Waals surface area contributed by atoms with Crippen LogP contribution in [0.25, 0.3) is 0 Å². The van der Waals surface area contributed by atoms with Crippen molar-refractivity contribution in [3.8, 4) is 6.07 Å². The van der Waals surface area contributed by atoms with Gasteiger partial charge in [-0.1, -0.05) is 0 Å². The normalized spacial score (nSPS) is 12.0. The van der Waals surface area contributed by atoms with E-state index in [9.17, 15) is 8.42 Å². The van der Waals surface area contributed by atoms with E-state index >= 15 is 0 Å². The van der Waals surface area contributed by atoms with Gasteiger partial charge in [0.15, 0.2) is 5.03 Å². The molecular formula is C10H16N4O2S. The summed E-state index contributed by atoms with van der Waals surface area (Å²) in [5, 5.41) is 8.65. The van der Waals surface area contributed by atoms with E-state index in [-0.39, 0.29) is 17.6 Å². The molecule has 0 saturated carbocycles. The van der Waals surface area contributed by atoms with E-state index in [0.29, 0.717) is 6.54 Å². The van der Waals surface area contributed by atoms with Gasteiger partial charge in [-0.2, -0.15) is 9.57 Å². The van der Waals surface area contributed by atoms with Crippen LogP contribution in [0.1, 0.15) is 20.8 Å². The minimum absolute atomic E-state index is 0.0108. The molecule has 6 nitrogen and oxygen atoms in total. The molecule has 0 fully saturated rings. The average Bonchev–Trinajstić information content (AvgIpc) is 2.74. The van der Waals surface area contributed by atoms with Gasteiger partial charge in [-0.15, -0.1) is 0 Å². The number of aryl methyl sites for hydroxylation is 1. The molecule has 0 spiro atoms. The Morgan fingerprint density at radius 1 is 1.59 bits per heavy atom. The third kappa shape index (κ3) is 2.84. The van der Waals surface area contributed by atoms with Crippen LogP contribution in [0.5, 0.6) is 0 Å². The Labute approximate surface area is 102 Å². The molecule has 1 aromatic rings. The Bertz CT molecular complexity index is 513. The molecule has 0 bridgehead atoms. The number of nitrogens with zero attached hydrogens (tertiary/aromatic N) is 4. The third-order valence-corrected chi connectivity index (χ3v) is 4.26. The van der Waals surface area contributed by atoms with E-state index in [0.717, 1.165) is 4.31 Å². The smallest absolute Gasteiger partial charge is 0.263 e. The number of nitriles is 1. The van der Waals surface area contributed by atoms with Crippen LogP contribution in [0.4, 0.5) is 0 Å². The van der Waals surface area contributed by atoms with Gasteiger partial charge in [-0.05, 0) is 20.8 Å². The van der Waals surface area contributed by atoms with E-state index in [1.165, 1.54) is 12.5 Å². The van der Waals surface area contributed by atoms with Crippen LogP contribution in [0.15, 0.2) is 17.6 Å². The molecule has 0 aromatic carbocycles. The second kappa shape index (κ2) is 5.29. The van der Waals surface area contributed by atoms with Crippen molar-refractivity contribution >= 4 is 10.0 Å². The molecule has 7 heteroatoms. The topological polar surface area (TPSA) is 79.0 Å². The lowest BCUT2D eigenvalue weighted by Crippen LogP contribution is -2.37. The fourth-order valence-electron chi connectivity index (χ4n) is 1.38. The van der Waals surface area contributed by atoms with Crippen molar-refractivity contribution in [2.24, 2.45) is 0 Å². The molecule has 0 saturated heterocycles. The molecule has 0 N–H and O–H groups in total. The summed E-state index contributed by atoms with van der Waals surface area (Å²) in [4.78, 5) is 3.87. The van der Waals surface area contributed by atoms with Gasteiger partial charge < -0.3 is 4.57 Å². The van der Waals surface area contributed by atoms with Crippen molar-refractivity contribution in [2.45, 2.75) is 38.4 Å². The highest BCUT2D eigenvalue weighted by atomic mass is 32.2. The maximum atomic E-state index is 12.2. The standard InChI is InChI=1S/C10H16N4O2S/c1-4-13-7-10(12-8-13)17(15,16)14(6-5-11)9(2)3/h7-9H,4,6H2,1-3H3. The van der Waals surface area contributed by atoms with Gasteiger partial charge >= 0.3 is 0 Å². The van der Waals surface area contributed by atoms with Crippen LogP contribution < -0.4 is 0 Å². The van der Waals surface area contributed by atoms with Gasteiger partial charge in [0.2, 0.25) is 0 Å². The summed E-state index contributed by atoms with van der Waals surface area (Å²) in [5.41, 5.74) is 0. The molecule has 1 rings (SSSR count). The van der Waals surface area contributed by atoms with E-state index < -0.39 is 10.0 Å². The van der Waals surface area contributed by atoms with Gasteiger partial charge in [-0.3, -0.25) is 0 Å². The predicted octanol–water partition coefficient (Wildman–Crippen LogP) is 0.826. The van der Waals surface area contributed by atoms with Crippen LogP contribution in [-0.4, -0.2) is 34.9 Å². The highest BCUT2D eigenvalue weighted by Crippen LogP contribution is 2.15. The van der Waals surface area contributed by atoms with Crippen molar-refractivity contribution in [3.63, 3.8) is 0 Å². The summed E-state index contributed by atoms with van der Waals surface area (Å²) in [7, 11) is -3.67. The minimum atomic E-state index is -3.67. The van der Waals surface area contributed by atoms with Crippen LogP contribution >= 0.6 is 0 Å². The lowest BCUT2D eigenvalue weighted by Gasteiger charge is -2.21. The first kappa shape index (κ1) is 13.7. The summed E-state index contributed by atoms with van der Waals surface area (Å²) in [6.45, 7) is 5.84. The average molecular weight is 256 g/mol. The van der Waals surface area contributed by atoms with E-state index in [1.807, 2.05) is 13.0 Å². The van der Waals surface area contributed by atoms with Crippen molar-refractivity contribution in [2.75, 3.05) is 6.54 Å². The molecule has 0 aliphatic carbocycles. The number of rotatable bonds is 5. The van der Waals surface area contributed by atoms with Gasteiger partial charge in [-0.25, -0.2) is 13.4 Å². The Kier molecular flexibility index (Phi) is 4.26. The zero-order valence-electron chi connectivity index (χ0n) is 10.2. The van der Waals surface area contributed by atoms with E-state index in [4.69, 9.17) is 5.26 Å². The molecule has 0 atom stereocenters. The van der Waals surface area contributed by atoms with Crippen LogP contribution in [0.3, 0.4) is 0 Å². The first-order valence-electron chi connectivity index (χ1n) is 5.34. The highest BCUT2D eigenvalue weighted by Gasteiger charge is 2.28. The molecule has 0 amide bonds. The zero-order chi connectivity index (χ0) is 13.1. The second-order valence-electron chi connectivity index (χ2n) is 3.84. The van der Waals surface area contributed by atoms with Gasteiger partial charge in [0.05, 0.1) is 12.4 Å². The number of aromatic nitrogens is 2. The van der Waals surface area contributed by atoms with Crippen LogP contribution in [0, 0.1) is 11.3 Å². The van der Waals surface area contributed by atoms with Crippen molar-refractivity contribution in [1.29, 1.82) is 5.26 Å². The lowest BCUT2D eigenvalue weighted by atomic mass is 10.4. The van der Waals surface area contributed by atoms with Gasteiger partial charge in [0, 0.05) is 18.8 Å². The van der Waals surface area contributed by atoms with Gasteiger partial charge in [0.1, 0.15) is 6.54 Å². The Morgan fingerprint density at radius 3 is 2.65 bits per heavy atom.